The summed E-state index contributed by atoms with van der Waals surface area (Å²) in [5, 5.41) is 0. The van der Waals surface area contributed by atoms with Gasteiger partial charge in [0.1, 0.15) is 0 Å². The number of carbonyl (C=O) groups is 2. The number of ether oxygens (including phenoxy) is 1. The molecule has 2 aromatic rings. The van der Waals surface area contributed by atoms with Gasteiger partial charge >= 0.3 is 12.1 Å². The van der Waals surface area contributed by atoms with Gasteiger partial charge in [-0.15, -0.1) is 0 Å². The molecule has 0 saturated heterocycles. The van der Waals surface area contributed by atoms with Gasteiger partial charge < -0.3 is 9.64 Å². The Hall–Kier alpha value is -3.23. The number of carbonyl (C=O) groups excluding carboxylic acids is 2. The molecule has 0 radical (unpaired) electrons. The highest BCUT2D eigenvalue weighted by Crippen LogP contribution is 2.43. The molecule has 2 aromatic carbocycles. The van der Waals surface area contributed by atoms with Crippen LogP contribution in [0, 0.1) is 11.6 Å². The summed E-state index contributed by atoms with van der Waals surface area (Å²) in [5.41, 5.74) is -0.876. The zero-order valence-corrected chi connectivity index (χ0v) is 18.2. The molecule has 0 aromatic heterocycles. The maximum absolute atomic E-state index is 13.7. The normalized spacial score (nSPS) is 17.1. The van der Waals surface area contributed by atoms with Crippen LogP contribution in [0.25, 0.3) is 0 Å². The van der Waals surface area contributed by atoms with E-state index in [1.807, 2.05) is 0 Å². The predicted octanol–water partition coefficient (Wildman–Crippen LogP) is 5.73. The van der Waals surface area contributed by atoms with Crippen LogP contribution in [0.5, 0.6) is 0 Å². The number of amides is 1. The van der Waals surface area contributed by atoms with Gasteiger partial charge in [-0.25, -0.2) is 13.6 Å². The van der Waals surface area contributed by atoms with Crippen molar-refractivity contribution in [3.05, 3.63) is 82.1 Å². The van der Waals surface area contributed by atoms with Gasteiger partial charge in [-0.2, -0.15) is 13.2 Å². The first-order valence-corrected chi connectivity index (χ1v) is 10.2. The van der Waals surface area contributed by atoms with E-state index in [-0.39, 0.29) is 28.9 Å². The van der Waals surface area contributed by atoms with E-state index < -0.39 is 53.7 Å². The predicted molar refractivity (Wildman–Crippen MR) is 110 cm³/mol. The number of nitrogens with zero attached hydrogens (tertiary/aromatic N) is 1. The van der Waals surface area contributed by atoms with E-state index in [9.17, 15) is 31.5 Å². The molecule has 0 N–H and O–H groups in total. The Bertz CT molecular complexity index is 1110. The van der Waals surface area contributed by atoms with Gasteiger partial charge in [0.15, 0.2) is 11.6 Å². The third kappa shape index (κ3) is 5.23. The Morgan fingerprint density at radius 2 is 1.79 bits per heavy atom. The van der Waals surface area contributed by atoms with Gasteiger partial charge in [0.2, 0.25) is 5.91 Å². The van der Waals surface area contributed by atoms with Gasteiger partial charge in [-0.05, 0) is 50.1 Å². The Labute approximate surface area is 187 Å². The van der Waals surface area contributed by atoms with E-state index in [0.717, 1.165) is 18.2 Å². The van der Waals surface area contributed by atoms with Crippen LogP contribution in [0.4, 0.5) is 22.0 Å². The van der Waals surface area contributed by atoms with Crippen molar-refractivity contribution >= 4 is 11.9 Å². The molecule has 4 nitrogen and oxygen atoms in total. The molecule has 1 amide bonds. The van der Waals surface area contributed by atoms with Crippen LogP contribution in [0.1, 0.15) is 49.8 Å². The topological polar surface area (TPSA) is 46.6 Å². The van der Waals surface area contributed by atoms with Gasteiger partial charge in [-0.1, -0.05) is 24.3 Å². The fourth-order valence-corrected chi connectivity index (χ4v) is 3.89. The van der Waals surface area contributed by atoms with Crippen LogP contribution in [0.2, 0.25) is 0 Å². The first-order chi connectivity index (χ1) is 15.4. The van der Waals surface area contributed by atoms with Crippen LogP contribution in [-0.2, 0) is 27.0 Å². The van der Waals surface area contributed by atoms with Crippen LogP contribution in [-0.4, -0.2) is 22.9 Å². The number of esters is 1. The molecule has 0 fully saturated rings. The van der Waals surface area contributed by atoms with E-state index in [0.29, 0.717) is 0 Å². The fourth-order valence-electron chi connectivity index (χ4n) is 3.89. The third-order valence-electron chi connectivity index (χ3n) is 5.35. The van der Waals surface area contributed by atoms with Crippen LogP contribution >= 0.6 is 0 Å². The summed E-state index contributed by atoms with van der Waals surface area (Å²) in [7, 11) is 0. The summed E-state index contributed by atoms with van der Waals surface area (Å²) in [6, 6.07) is 7.89. The van der Waals surface area contributed by atoms with Gasteiger partial charge in [0.25, 0.3) is 0 Å². The molecule has 3 rings (SSSR count). The minimum absolute atomic E-state index is 0.0809. The monoisotopic (exact) mass is 467 g/mol. The second kappa shape index (κ2) is 9.33. The van der Waals surface area contributed by atoms with Crippen molar-refractivity contribution < 1.29 is 36.3 Å². The number of halogens is 5. The molecule has 1 heterocycles. The van der Waals surface area contributed by atoms with Crippen molar-refractivity contribution in [2.75, 3.05) is 0 Å². The number of alkyl halides is 3. The van der Waals surface area contributed by atoms with E-state index in [4.69, 9.17) is 4.74 Å². The van der Waals surface area contributed by atoms with Crippen molar-refractivity contribution in [1.29, 1.82) is 0 Å². The first kappa shape index (κ1) is 24.4. The van der Waals surface area contributed by atoms with Crippen molar-refractivity contribution in [2.24, 2.45) is 0 Å². The zero-order valence-electron chi connectivity index (χ0n) is 18.2. The fraction of sp³-hybridized carbons (Fsp3) is 0.333. The molecule has 0 saturated carbocycles. The van der Waals surface area contributed by atoms with Crippen molar-refractivity contribution in [3.8, 4) is 0 Å². The largest absolute Gasteiger partial charge is 0.460 e. The second-order valence-electron chi connectivity index (χ2n) is 8.02. The van der Waals surface area contributed by atoms with Crippen LogP contribution in [0.15, 0.2) is 53.7 Å². The average Bonchev–Trinajstić information content (AvgIpc) is 2.72. The van der Waals surface area contributed by atoms with Crippen LogP contribution < -0.4 is 0 Å². The number of hydrogen-bond acceptors (Lipinski definition) is 3. The van der Waals surface area contributed by atoms with Crippen molar-refractivity contribution in [1.82, 2.24) is 4.90 Å². The molecule has 1 aliphatic heterocycles. The first-order valence-electron chi connectivity index (χ1n) is 10.2. The van der Waals surface area contributed by atoms with Crippen molar-refractivity contribution in [3.63, 3.8) is 0 Å². The Kier molecular flexibility index (Phi) is 6.90. The lowest BCUT2D eigenvalue weighted by Gasteiger charge is -2.35. The summed E-state index contributed by atoms with van der Waals surface area (Å²) in [5.74, 6) is -4.73. The minimum atomic E-state index is -4.69. The maximum atomic E-state index is 13.7. The van der Waals surface area contributed by atoms with E-state index in [1.54, 1.807) is 13.8 Å². The van der Waals surface area contributed by atoms with Gasteiger partial charge in [-0.3, -0.25) is 4.79 Å². The Balaban J connectivity index is 2.12. The highest BCUT2D eigenvalue weighted by molar-refractivity contribution is 5.96. The molecular formula is C24H22F5NO3. The minimum Gasteiger partial charge on any atom is -0.460 e. The zero-order chi connectivity index (χ0) is 24.5. The number of rotatable bonds is 5. The highest BCUT2D eigenvalue weighted by atomic mass is 19.4. The lowest BCUT2D eigenvalue weighted by molar-refractivity contribution is -0.145. The molecule has 0 spiro atoms. The summed E-state index contributed by atoms with van der Waals surface area (Å²) in [4.78, 5) is 27.1. The molecule has 0 bridgehead atoms. The number of allylic oxidation sites excluding steroid dienone is 1. The third-order valence-corrected chi connectivity index (χ3v) is 5.35. The maximum Gasteiger partial charge on any atom is 0.416 e. The Morgan fingerprint density at radius 1 is 1.12 bits per heavy atom. The van der Waals surface area contributed by atoms with Crippen LogP contribution in [0.3, 0.4) is 0 Å². The molecule has 1 aliphatic rings. The summed E-state index contributed by atoms with van der Waals surface area (Å²) < 4.78 is 73.2. The van der Waals surface area contributed by atoms with Gasteiger partial charge in [0.05, 0.1) is 23.8 Å². The lowest BCUT2D eigenvalue weighted by atomic mass is 9.81. The molecule has 1 atom stereocenters. The average molecular weight is 467 g/mol. The molecule has 176 valence electrons. The number of hydrogen-bond donors (Lipinski definition) is 0. The standard InChI is InChI=1S/C24H22F5NO3/c1-13(2)33-23(32)22-14(3)30(12-15-8-9-19(25)20(26)10-15)21(31)11-17(22)16-6-4-5-7-18(16)24(27,28)29/h4-10,13,17H,11-12H2,1-3H3/t17-/m1/s1. The van der Waals surface area contributed by atoms with E-state index in [1.165, 1.54) is 36.1 Å². The van der Waals surface area contributed by atoms with E-state index >= 15 is 0 Å². The number of benzene rings is 2. The lowest BCUT2D eigenvalue weighted by Crippen LogP contribution is -2.38. The summed E-state index contributed by atoms with van der Waals surface area (Å²) in [6.07, 6.45) is -5.66. The molecule has 33 heavy (non-hydrogen) atoms. The molecule has 9 heteroatoms. The summed E-state index contributed by atoms with van der Waals surface area (Å²) >= 11 is 0. The molecule has 0 unspecified atom stereocenters. The SMILES string of the molecule is CC1=C(C(=O)OC(C)C)[C@@H](c2ccccc2C(F)(F)F)CC(=O)N1Cc1ccc(F)c(F)c1. The van der Waals surface area contributed by atoms with E-state index in [2.05, 4.69) is 0 Å². The molecular weight excluding hydrogens is 445 g/mol. The highest BCUT2D eigenvalue weighted by Gasteiger charge is 2.42. The molecule has 0 aliphatic carbocycles. The van der Waals surface area contributed by atoms with Gasteiger partial charge in [0, 0.05) is 18.0 Å². The summed E-state index contributed by atoms with van der Waals surface area (Å²) in [6.45, 7) is 4.43. The second-order valence-corrected chi connectivity index (χ2v) is 8.02. The smallest absolute Gasteiger partial charge is 0.416 e. The van der Waals surface area contributed by atoms with Crippen molar-refractivity contribution in [2.45, 2.75) is 51.9 Å². The Morgan fingerprint density at radius 3 is 2.39 bits per heavy atom. The quantitative estimate of drug-likeness (QED) is 0.417.